The van der Waals surface area contributed by atoms with Crippen molar-refractivity contribution in [2.45, 2.75) is 19.0 Å². The van der Waals surface area contributed by atoms with E-state index in [0.29, 0.717) is 16.8 Å². The third-order valence-corrected chi connectivity index (χ3v) is 4.49. The van der Waals surface area contributed by atoms with E-state index in [1.807, 2.05) is 19.2 Å². The van der Waals surface area contributed by atoms with Gasteiger partial charge in [-0.3, -0.25) is 8.78 Å². The molecule has 0 radical (unpaired) electrons. The number of hydrogen-bond donors (Lipinski definition) is 0. The van der Waals surface area contributed by atoms with Crippen molar-refractivity contribution in [1.82, 2.24) is 24.7 Å². The van der Waals surface area contributed by atoms with Crippen molar-refractivity contribution in [3.8, 4) is 5.82 Å². The monoisotopic (exact) mass is 293 g/mol. The highest BCUT2D eigenvalue weighted by Gasteiger charge is 2.17. The molecule has 6 nitrogen and oxygen atoms in total. The van der Waals surface area contributed by atoms with E-state index in [1.165, 1.54) is 6.33 Å². The molecule has 0 saturated heterocycles. The number of aryl methyl sites for hydroxylation is 2. The number of thiophene rings is 1. The zero-order valence-electron chi connectivity index (χ0n) is 10.6. The first kappa shape index (κ1) is 12.4. The highest BCUT2D eigenvalue weighted by atomic mass is 32.2. The second-order valence-corrected chi connectivity index (χ2v) is 6.26. The maximum Gasteiger partial charge on any atom is 0.226 e. The lowest BCUT2D eigenvalue weighted by Crippen LogP contribution is -2.06. The summed E-state index contributed by atoms with van der Waals surface area (Å²) in [5.41, 5.74) is 1.09. The van der Waals surface area contributed by atoms with Crippen molar-refractivity contribution in [2.75, 3.05) is 6.26 Å². The summed E-state index contributed by atoms with van der Waals surface area (Å²) in [6.45, 7) is 3.85. The lowest BCUT2D eigenvalue weighted by molar-refractivity contribution is 0.675. The molecule has 3 rings (SSSR count). The van der Waals surface area contributed by atoms with E-state index in [-0.39, 0.29) is 0 Å². The molecule has 3 aromatic rings. The molecular weight excluding hydrogens is 282 g/mol. The number of rotatable bonds is 2. The second kappa shape index (κ2) is 4.46. The third kappa shape index (κ3) is 1.96. The summed E-state index contributed by atoms with van der Waals surface area (Å²) in [7, 11) is -1.22. The van der Waals surface area contributed by atoms with Gasteiger partial charge >= 0.3 is 0 Å². The Morgan fingerprint density at radius 3 is 2.84 bits per heavy atom. The molecule has 0 N–H and O–H groups in total. The molecule has 98 valence electrons. The summed E-state index contributed by atoms with van der Waals surface area (Å²) >= 11 is 1.57. The molecule has 0 bridgehead atoms. The van der Waals surface area contributed by atoms with E-state index < -0.39 is 10.8 Å². The molecule has 0 aliphatic carbocycles. The molecule has 0 amide bonds. The van der Waals surface area contributed by atoms with Crippen molar-refractivity contribution < 1.29 is 4.21 Å². The first-order valence-corrected chi connectivity index (χ1v) is 7.98. The lowest BCUT2D eigenvalue weighted by Gasteiger charge is -2.07. The second-order valence-electron chi connectivity index (χ2n) is 4.13. The van der Waals surface area contributed by atoms with Gasteiger partial charge in [-0.2, -0.15) is 0 Å². The van der Waals surface area contributed by atoms with Gasteiger partial charge in [0.25, 0.3) is 0 Å². The summed E-state index contributed by atoms with van der Waals surface area (Å²) in [4.78, 5) is 9.80. The summed E-state index contributed by atoms with van der Waals surface area (Å²) in [5, 5.41) is 11.1. The molecule has 0 unspecified atom stereocenters. The third-order valence-electron chi connectivity index (χ3n) is 2.71. The fourth-order valence-corrected chi connectivity index (χ4v) is 3.44. The van der Waals surface area contributed by atoms with Gasteiger partial charge in [0.2, 0.25) is 5.16 Å². The average molecular weight is 293 g/mol. The van der Waals surface area contributed by atoms with E-state index in [9.17, 15) is 4.21 Å². The highest BCUT2D eigenvalue weighted by Crippen LogP contribution is 2.29. The molecule has 1 atom stereocenters. The SMILES string of the molecule is Cc1nc(-n2cnnc2[S@](C)=O)c2c(C)csc2n1. The largest absolute Gasteiger partial charge is 0.257 e. The first-order chi connectivity index (χ1) is 9.08. The summed E-state index contributed by atoms with van der Waals surface area (Å²) in [6, 6.07) is 0. The molecule has 0 aliphatic heterocycles. The van der Waals surface area contributed by atoms with Gasteiger partial charge < -0.3 is 0 Å². The molecule has 3 heterocycles. The quantitative estimate of drug-likeness (QED) is 0.718. The van der Waals surface area contributed by atoms with E-state index in [2.05, 4.69) is 20.2 Å². The number of hydrogen-bond acceptors (Lipinski definition) is 6. The molecule has 8 heteroatoms. The van der Waals surface area contributed by atoms with Crippen molar-refractivity contribution in [3.63, 3.8) is 0 Å². The van der Waals surface area contributed by atoms with Crippen LogP contribution < -0.4 is 0 Å². The molecule has 0 saturated carbocycles. The van der Waals surface area contributed by atoms with E-state index >= 15 is 0 Å². The zero-order valence-corrected chi connectivity index (χ0v) is 12.2. The van der Waals surface area contributed by atoms with E-state index in [4.69, 9.17) is 0 Å². The fraction of sp³-hybridized carbons (Fsp3) is 0.273. The van der Waals surface area contributed by atoms with Crippen LogP contribution in [0.15, 0.2) is 16.9 Å². The maximum atomic E-state index is 11.7. The summed E-state index contributed by atoms with van der Waals surface area (Å²) < 4.78 is 13.4. The molecular formula is C11H11N5OS2. The Morgan fingerprint density at radius 2 is 2.11 bits per heavy atom. The van der Waals surface area contributed by atoms with E-state index in [1.54, 1.807) is 22.2 Å². The molecule has 19 heavy (non-hydrogen) atoms. The van der Waals surface area contributed by atoms with Gasteiger partial charge in [0.1, 0.15) is 17.0 Å². The van der Waals surface area contributed by atoms with Crippen LogP contribution >= 0.6 is 11.3 Å². The number of fused-ring (bicyclic) bond motifs is 1. The van der Waals surface area contributed by atoms with Gasteiger partial charge in [-0.15, -0.1) is 21.5 Å². The Labute approximate surface area is 116 Å². The topological polar surface area (TPSA) is 73.6 Å². The standard InChI is InChI=1S/C11H11N5OS2/c1-6-4-18-10-8(6)9(13-7(2)14-10)16-5-12-15-11(16)19(3)17/h4-5H,1-3H3/t19-/m0/s1. The van der Waals surface area contributed by atoms with Crippen LogP contribution in [0.1, 0.15) is 11.4 Å². The lowest BCUT2D eigenvalue weighted by atomic mass is 10.2. The Kier molecular flexibility index (Phi) is 2.90. The summed E-state index contributed by atoms with van der Waals surface area (Å²) in [5.74, 6) is 1.36. The van der Waals surface area contributed by atoms with Crippen molar-refractivity contribution in [2.24, 2.45) is 0 Å². The molecule has 0 spiro atoms. The predicted molar refractivity (Wildman–Crippen MR) is 74.1 cm³/mol. The number of aromatic nitrogens is 5. The van der Waals surface area contributed by atoms with Crippen LogP contribution in [-0.2, 0) is 10.8 Å². The van der Waals surface area contributed by atoms with Gasteiger partial charge in [-0.25, -0.2) is 9.97 Å². The minimum Gasteiger partial charge on any atom is -0.257 e. The van der Waals surface area contributed by atoms with Gasteiger partial charge in [-0.05, 0) is 24.8 Å². The van der Waals surface area contributed by atoms with Gasteiger partial charge in [0.15, 0.2) is 5.82 Å². The molecule has 0 aliphatic rings. The van der Waals surface area contributed by atoms with Crippen LogP contribution in [0.25, 0.3) is 16.0 Å². The van der Waals surface area contributed by atoms with Crippen LogP contribution in [0.4, 0.5) is 0 Å². The van der Waals surface area contributed by atoms with E-state index in [0.717, 1.165) is 15.8 Å². The van der Waals surface area contributed by atoms with Crippen molar-refractivity contribution >= 4 is 32.4 Å². The Balaban J connectivity index is 2.38. The van der Waals surface area contributed by atoms with Crippen molar-refractivity contribution in [1.29, 1.82) is 0 Å². The van der Waals surface area contributed by atoms with Crippen LogP contribution in [-0.4, -0.2) is 35.2 Å². The first-order valence-electron chi connectivity index (χ1n) is 5.54. The van der Waals surface area contributed by atoms with Crippen LogP contribution in [0, 0.1) is 13.8 Å². The molecule has 0 fully saturated rings. The Hall–Kier alpha value is -1.67. The van der Waals surface area contributed by atoms with Gasteiger partial charge in [0, 0.05) is 6.26 Å². The average Bonchev–Trinajstić information content (AvgIpc) is 2.95. The smallest absolute Gasteiger partial charge is 0.226 e. The Morgan fingerprint density at radius 1 is 1.32 bits per heavy atom. The molecule has 3 aromatic heterocycles. The van der Waals surface area contributed by atoms with Crippen LogP contribution in [0.2, 0.25) is 0 Å². The van der Waals surface area contributed by atoms with Crippen LogP contribution in [0.5, 0.6) is 0 Å². The molecule has 0 aromatic carbocycles. The maximum absolute atomic E-state index is 11.7. The highest BCUT2D eigenvalue weighted by molar-refractivity contribution is 7.84. The normalized spacial score (nSPS) is 13.0. The van der Waals surface area contributed by atoms with Crippen LogP contribution in [0.3, 0.4) is 0 Å². The minimum atomic E-state index is -1.22. The fourth-order valence-electron chi connectivity index (χ4n) is 1.91. The predicted octanol–water partition coefficient (Wildman–Crippen LogP) is 1.63. The van der Waals surface area contributed by atoms with Crippen molar-refractivity contribution in [3.05, 3.63) is 23.1 Å². The Bertz CT molecular complexity index is 792. The zero-order chi connectivity index (χ0) is 13.6. The number of nitrogens with zero attached hydrogens (tertiary/aromatic N) is 5. The summed E-state index contributed by atoms with van der Waals surface area (Å²) in [6.07, 6.45) is 3.11. The van der Waals surface area contributed by atoms with Gasteiger partial charge in [-0.1, -0.05) is 0 Å². The van der Waals surface area contributed by atoms with Gasteiger partial charge in [0.05, 0.1) is 16.2 Å². The minimum absolute atomic E-state index is 0.394.